The third kappa shape index (κ3) is 5.54. The molecule has 8 nitrogen and oxygen atoms in total. The number of hydrogen-bond acceptors (Lipinski definition) is 7. The molecule has 1 aromatic heterocycles. The van der Waals surface area contributed by atoms with E-state index in [0.29, 0.717) is 36.5 Å². The van der Waals surface area contributed by atoms with E-state index >= 15 is 0 Å². The van der Waals surface area contributed by atoms with Crippen LogP contribution in [0.15, 0.2) is 24.3 Å². The van der Waals surface area contributed by atoms with Gasteiger partial charge in [-0.2, -0.15) is 0 Å². The predicted molar refractivity (Wildman–Crippen MR) is 145 cm³/mol. The number of carbonyl (C=O) groups is 2. The van der Waals surface area contributed by atoms with E-state index in [1.807, 2.05) is 6.92 Å². The largest absolute Gasteiger partial charge is 0.508 e. The average Bonchev–Trinajstić information content (AvgIpc) is 3.25. The lowest BCUT2D eigenvalue weighted by Gasteiger charge is -2.58. The van der Waals surface area contributed by atoms with Gasteiger partial charge >= 0.3 is 0 Å². The molecule has 0 radical (unpaired) electrons. The maximum absolute atomic E-state index is 13.3. The highest BCUT2D eigenvalue weighted by molar-refractivity contribution is 7.15. The lowest BCUT2D eigenvalue weighted by atomic mass is 9.47. The van der Waals surface area contributed by atoms with Gasteiger partial charge < -0.3 is 26.0 Å². The molecule has 4 rings (SSSR count). The molecule has 37 heavy (non-hydrogen) atoms. The van der Waals surface area contributed by atoms with Crippen LogP contribution in [0.4, 0.5) is 10.8 Å². The first-order valence-corrected chi connectivity index (χ1v) is 14.1. The van der Waals surface area contributed by atoms with Crippen molar-refractivity contribution in [1.82, 2.24) is 4.98 Å². The molecule has 1 aromatic carbocycles. The molecule has 5 N–H and O–H groups in total. The van der Waals surface area contributed by atoms with E-state index < -0.39 is 11.5 Å². The number of phenols is 1. The number of aromatic nitrogens is 1. The van der Waals surface area contributed by atoms with E-state index in [4.69, 9.17) is 4.98 Å². The van der Waals surface area contributed by atoms with Crippen LogP contribution in [-0.4, -0.2) is 44.8 Å². The zero-order valence-corrected chi connectivity index (χ0v) is 22.7. The van der Waals surface area contributed by atoms with Crippen LogP contribution in [0.3, 0.4) is 0 Å². The van der Waals surface area contributed by atoms with Gasteiger partial charge in [0.05, 0.1) is 18.4 Å². The number of aromatic hydroxyl groups is 1. The summed E-state index contributed by atoms with van der Waals surface area (Å²) in [5.74, 6) is -0.494. The summed E-state index contributed by atoms with van der Waals surface area (Å²) in [6.45, 7) is 6.04. The molecule has 2 aliphatic rings. The predicted octanol–water partition coefficient (Wildman–Crippen LogP) is 4.81. The van der Waals surface area contributed by atoms with Crippen molar-refractivity contribution in [2.75, 3.05) is 17.2 Å². The van der Waals surface area contributed by atoms with Gasteiger partial charge in [-0.25, -0.2) is 4.98 Å². The Bertz CT molecular complexity index is 1140. The average molecular weight is 530 g/mol. The van der Waals surface area contributed by atoms with E-state index in [2.05, 4.69) is 24.5 Å². The van der Waals surface area contributed by atoms with Crippen molar-refractivity contribution in [3.8, 4) is 5.75 Å². The molecule has 1 fully saturated rings. The molecule has 9 heteroatoms. The van der Waals surface area contributed by atoms with Gasteiger partial charge in [-0.05, 0) is 49.1 Å². The first-order chi connectivity index (χ1) is 17.6. The minimum atomic E-state index is -0.710. The minimum absolute atomic E-state index is 0.0584. The SMILES string of the molecule is CCCCCC(=O)Nc1nc2c(s1)C[C@@H]1[C@](C)(CO)[C@H](O)CC[C@@]1(C)[C@@H]2CC(=O)Nc1cccc(O)c1. The lowest BCUT2D eigenvalue weighted by molar-refractivity contribution is -0.143. The fourth-order valence-electron chi connectivity index (χ4n) is 6.40. The smallest absolute Gasteiger partial charge is 0.226 e. The van der Waals surface area contributed by atoms with Crippen LogP contribution in [-0.2, 0) is 16.0 Å². The third-order valence-corrected chi connectivity index (χ3v) is 9.68. The van der Waals surface area contributed by atoms with Crippen LogP contribution >= 0.6 is 11.3 Å². The van der Waals surface area contributed by atoms with Crippen LogP contribution in [0.5, 0.6) is 5.75 Å². The fraction of sp³-hybridized carbons (Fsp3) is 0.607. The monoisotopic (exact) mass is 529 g/mol. The summed E-state index contributed by atoms with van der Waals surface area (Å²) in [4.78, 5) is 31.6. The number of rotatable bonds is 9. The Balaban J connectivity index is 1.65. The Morgan fingerprint density at radius 3 is 2.68 bits per heavy atom. The molecule has 0 spiro atoms. The molecule has 1 saturated carbocycles. The van der Waals surface area contributed by atoms with Gasteiger partial charge in [-0.3, -0.25) is 9.59 Å². The Hall–Kier alpha value is -2.49. The minimum Gasteiger partial charge on any atom is -0.508 e. The van der Waals surface area contributed by atoms with Gasteiger partial charge in [0.25, 0.3) is 0 Å². The Morgan fingerprint density at radius 2 is 1.97 bits per heavy atom. The van der Waals surface area contributed by atoms with Crippen LogP contribution in [0.25, 0.3) is 0 Å². The molecule has 0 unspecified atom stereocenters. The van der Waals surface area contributed by atoms with E-state index in [1.54, 1.807) is 18.2 Å². The second kappa shape index (κ2) is 11.1. The number of amides is 2. The number of aliphatic hydroxyl groups is 2. The van der Waals surface area contributed by atoms with Crippen molar-refractivity contribution >= 4 is 34.0 Å². The maximum Gasteiger partial charge on any atom is 0.226 e. The number of anilines is 2. The van der Waals surface area contributed by atoms with Crippen LogP contribution < -0.4 is 10.6 Å². The summed E-state index contributed by atoms with van der Waals surface area (Å²) < 4.78 is 0. The number of fused-ring (bicyclic) bond motifs is 2. The van der Waals surface area contributed by atoms with Crippen molar-refractivity contribution in [1.29, 1.82) is 0 Å². The maximum atomic E-state index is 13.3. The van der Waals surface area contributed by atoms with Crippen molar-refractivity contribution in [2.24, 2.45) is 16.7 Å². The zero-order valence-electron chi connectivity index (χ0n) is 21.9. The Labute approximate surface area is 222 Å². The third-order valence-electron chi connectivity index (χ3n) is 8.67. The standard InChI is InChI=1S/C28H39N3O5S/c1-4-5-6-10-23(35)30-26-31-25-19(14-24(36)29-17-8-7-9-18(33)13-17)27(2)12-11-22(34)28(3,16-32)21(27)15-20(25)37-26/h7-9,13,19,21-22,32-34H,4-6,10-12,14-16H2,1-3H3,(H,29,36)(H,30,31,35)/t19-,21+,22-,27+,28+/m1/s1. The van der Waals surface area contributed by atoms with Gasteiger partial charge in [0.1, 0.15) is 5.75 Å². The van der Waals surface area contributed by atoms with Gasteiger partial charge in [-0.15, -0.1) is 11.3 Å². The second-order valence-corrected chi connectivity index (χ2v) is 12.3. The molecule has 0 saturated heterocycles. The quantitative estimate of drug-likeness (QED) is 0.296. The van der Waals surface area contributed by atoms with Crippen LogP contribution in [0.2, 0.25) is 0 Å². The van der Waals surface area contributed by atoms with E-state index in [1.165, 1.54) is 17.4 Å². The normalized spacial score (nSPS) is 28.7. The highest BCUT2D eigenvalue weighted by Gasteiger charge is 2.59. The highest BCUT2D eigenvalue weighted by Crippen LogP contribution is 2.62. The number of carbonyl (C=O) groups excluding carboxylic acids is 2. The molecular weight excluding hydrogens is 490 g/mol. The van der Waals surface area contributed by atoms with Gasteiger partial charge in [-0.1, -0.05) is 39.7 Å². The number of benzene rings is 1. The van der Waals surface area contributed by atoms with Gasteiger partial charge in [0.15, 0.2) is 5.13 Å². The van der Waals surface area contributed by atoms with Crippen LogP contribution in [0, 0.1) is 16.7 Å². The summed E-state index contributed by atoms with van der Waals surface area (Å²) in [5, 5.41) is 37.5. The Kier molecular flexibility index (Phi) is 8.26. The van der Waals surface area contributed by atoms with Crippen molar-refractivity contribution in [3.05, 3.63) is 34.8 Å². The summed E-state index contributed by atoms with van der Waals surface area (Å²) in [6.07, 6.45) is 4.73. The van der Waals surface area contributed by atoms with E-state index in [9.17, 15) is 24.9 Å². The molecule has 2 aliphatic carbocycles. The summed E-state index contributed by atoms with van der Waals surface area (Å²) >= 11 is 1.44. The van der Waals surface area contributed by atoms with Gasteiger partial charge in [0.2, 0.25) is 11.8 Å². The topological polar surface area (TPSA) is 132 Å². The second-order valence-electron chi connectivity index (χ2n) is 11.2. The Morgan fingerprint density at radius 1 is 1.19 bits per heavy atom. The number of nitrogens with zero attached hydrogens (tertiary/aromatic N) is 1. The van der Waals surface area contributed by atoms with Crippen molar-refractivity contribution in [3.63, 3.8) is 0 Å². The number of phenolic OH excluding ortho intramolecular Hbond substituents is 1. The number of unbranched alkanes of at least 4 members (excludes halogenated alkanes) is 2. The molecule has 2 aromatic rings. The molecular formula is C28H39N3O5S. The summed E-state index contributed by atoms with van der Waals surface area (Å²) in [5.41, 5.74) is 0.254. The first kappa shape index (κ1) is 27.5. The number of hydrogen-bond donors (Lipinski definition) is 5. The molecule has 1 heterocycles. The van der Waals surface area contributed by atoms with E-state index in [0.717, 1.165) is 29.8 Å². The van der Waals surface area contributed by atoms with Crippen molar-refractivity contribution in [2.45, 2.75) is 84.2 Å². The molecule has 2 amide bonds. The molecule has 0 aliphatic heterocycles. The molecule has 5 atom stereocenters. The number of thiazole rings is 1. The van der Waals surface area contributed by atoms with Crippen molar-refractivity contribution < 1.29 is 24.9 Å². The zero-order chi connectivity index (χ0) is 26.8. The number of nitrogens with one attached hydrogen (secondary N) is 2. The first-order valence-electron chi connectivity index (χ1n) is 13.3. The van der Waals surface area contributed by atoms with Crippen LogP contribution in [0.1, 0.15) is 82.2 Å². The lowest BCUT2D eigenvalue weighted by Crippen LogP contribution is -2.57. The van der Waals surface area contributed by atoms with E-state index in [-0.39, 0.29) is 47.8 Å². The fourth-order valence-corrected chi connectivity index (χ4v) is 7.48. The molecule has 202 valence electrons. The summed E-state index contributed by atoms with van der Waals surface area (Å²) in [6, 6.07) is 6.45. The molecule has 0 bridgehead atoms. The summed E-state index contributed by atoms with van der Waals surface area (Å²) in [7, 11) is 0. The highest BCUT2D eigenvalue weighted by atomic mass is 32.1. The van der Waals surface area contributed by atoms with Gasteiger partial charge in [0, 0.05) is 40.8 Å². The number of aliphatic hydroxyl groups excluding tert-OH is 2.